The van der Waals surface area contributed by atoms with E-state index in [4.69, 9.17) is 4.74 Å². The highest BCUT2D eigenvalue weighted by Crippen LogP contribution is 2.37. The third-order valence-electron chi connectivity index (χ3n) is 4.33. The molecule has 0 bridgehead atoms. The molecule has 5 heteroatoms. The van der Waals surface area contributed by atoms with Crippen molar-refractivity contribution < 1.29 is 14.3 Å². The van der Waals surface area contributed by atoms with Crippen molar-refractivity contribution in [3.63, 3.8) is 0 Å². The Morgan fingerprint density at radius 3 is 2.39 bits per heavy atom. The van der Waals surface area contributed by atoms with Gasteiger partial charge in [0.05, 0.1) is 25.0 Å². The maximum absolute atomic E-state index is 12.3. The van der Waals surface area contributed by atoms with Gasteiger partial charge in [0.1, 0.15) is 0 Å². The smallest absolute Gasteiger partial charge is 0.233 e. The van der Waals surface area contributed by atoms with Crippen LogP contribution in [0.2, 0.25) is 0 Å². The molecular formula is C13H20N2O3. The Balaban J connectivity index is 1.68. The summed E-state index contributed by atoms with van der Waals surface area (Å²) in [5, 5.41) is 3.30. The van der Waals surface area contributed by atoms with Crippen molar-refractivity contribution in [3.8, 4) is 0 Å². The van der Waals surface area contributed by atoms with Gasteiger partial charge in [-0.15, -0.1) is 0 Å². The van der Waals surface area contributed by atoms with Crippen LogP contribution < -0.4 is 5.32 Å². The van der Waals surface area contributed by atoms with Gasteiger partial charge >= 0.3 is 0 Å². The van der Waals surface area contributed by atoms with Crippen LogP contribution in [-0.2, 0) is 14.3 Å². The monoisotopic (exact) mass is 252 g/mol. The first-order chi connectivity index (χ1) is 8.77. The fourth-order valence-corrected chi connectivity index (χ4v) is 3.37. The van der Waals surface area contributed by atoms with Gasteiger partial charge in [-0.05, 0) is 12.8 Å². The van der Waals surface area contributed by atoms with E-state index in [9.17, 15) is 9.59 Å². The van der Waals surface area contributed by atoms with Crippen LogP contribution in [0.15, 0.2) is 0 Å². The third-order valence-corrected chi connectivity index (χ3v) is 4.33. The van der Waals surface area contributed by atoms with E-state index >= 15 is 0 Å². The van der Waals surface area contributed by atoms with Crippen molar-refractivity contribution in [2.24, 2.45) is 11.8 Å². The molecule has 0 aromatic heterocycles. The number of rotatable bonds is 2. The van der Waals surface area contributed by atoms with Gasteiger partial charge in [0, 0.05) is 19.1 Å². The average Bonchev–Trinajstić information content (AvgIpc) is 2.66. The van der Waals surface area contributed by atoms with Crippen LogP contribution in [0.25, 0.3) is 0 Å². The fraction of sp³-hybridized carbons (Fsp3) is 0.846. The van der Waals surface area contributed by atoms with Crippen LogP contribution in [0, 0.1) is 11.8 Å². The molecule has 1 aliphatic carbocycles. The van der Waals surface area contributed by atoms with Crippen molar-refractivity contribution in [2.45, 2.75) is 31.7 Å². The molecule has 2 heterocycles. The molecule has 0 aromatic rings. The second kappa shape index (κ2) is 4.97. The largest absolute Gasteiger partial charge is 0.378 e. The van der Waals surface area contributed by atoms with Crippen molar-refractivity contribution >= 4 is 11.8 Å². The Morgan fingerprint density at radius 1 is 1.17 bits per heavy atom. The van der Waals surface area contributed by atoms with E-state index in [0.717, 1.165) is 32.2 Å². The number of nitrogens with zero attached hydrogens (tertiary/aromatic N) is 1. The minimum absolute atomic E-state index is 0.0317. The lowest BCUT2D eigenvalue weighted by molar-refractivity contribution is -0.140. The van der Waals surface area contributed by atoms with E-state index in [2.05, 4.69) is 5.32 Å². The fourth-order valence-electron chi connectivity index (χ4n) is 3.37. The van der Waals surface area contributed by atoms with Gasteiger partial charge in [0.2, 0.25) is 11.8 Å². The van der Waals surface area contributed by atoms with Gasteiger partial charge in [-0.2, -0.15) is 0 Å². The highest BCUT2D eigenvalue weighted by atomic mass is 16.5. The molecule has 0 radical (unpaired) electrons. The molecule has 2 amide bonds. The summed E-state index contributed by atoms with van der Waals surface area (Å²) in [6.07, 6.45) is 3.94. The molecule has 1 N–H and O–H groups in total. The van der Waals surface area contributed by atoms with Crippen molar-refractivity contribution in [1.29, 1.82) is 0 Å². The molecule has 1 saturated carbocycles. The van der Waals surface area contributed by atoms with Gasteiger partial charge in [-0.1, -0.05) is 12.8 Å². The summed E-state index contributed by atoms with van der Waals surface area (Å²) in [5.74, 6) is 0.0423. The van der Waals surface area contributed by atoms with E-state index in [1.807, 2.05) is 0 Å². The van der Waals surface area contributed by atoms with Crippen molar-refractivity contribution in [1.82, 2.24) is 10.2 Å². The lowest BCUT2D eigenvalue weighted by Gasteiger charge is -2.27. The number of morpholine rings is 1. The summed E-state index contributed by atoms with van der Waals surface area (Å²) >= 11 is 0. The number of hydrogen-bond acceptors (Lipinski definition) is 4. The van der Waals surface area contributed by atoms with E-state index < -0.39 is 0 Å². The molecule has 3 unspecified atom stereocenters. The van der Waals surface area contributed by atoms with Crippen LogP contribution in [0.5, 0.6) is 0 Å². The normalized spacial score (nSPS) is 36.9. The lowest BCUT2D eigenvalue weighted by Crippen LogP contribution is -2.50. The zero-order chi connectivity index (χ0) is 12.5. The first kappa shape index (κ1) is 12.1. The topological polar surface area (TPSA) is 58.6 Å². The highest BCUT2D eigenvalue weighted by molar-refractivity contribution is 6.05. The quantitative estimate of drug-likeness (QED) is 0.711. The van der Waals surface area contributed by atoms with E-state index in [-0.39, 0.29) is 29.7 Å². The van der Waals surface area contributed by atoms with Gasteiger partial charge < -0.3 is 10.1 Å². The number of imide groups is 1. The molecule has 3 aliphatic rings. The lowest BCUT2D eigenvalue weighted by atomic mass is 9.81. The Bertz CT molecular complexity index is 328. The first-order valence-electron chi connectivity index (χ1n) is 6.93. The Labute approximate surface area is 107 Å². The molecule has 2 aliphatic heterocycles. The van der Waals surface area contributed by atoms with Crippen LogP contribution in [0.4, 0.5) is 0 Å². The maximum atomic E-state index is 12.3. The summed E-state index contributed by atoms with van der Waals surface area (Å²) in [7, 11) is 0. The number of amides is 2. The van der Waals surface area contributed by atoms with Gasteiger partial charge in [0.25, 0.3) is 0 Å². The predicted octanol–water partition coefficient (Wildman–Crippen LogP) is 0.150. The zero-order valence-corrected chi connectivity index (χ0v) is 10.6. The predicted molar refractivity (Wildman–Crippen MR) is 64.8 cm³/mol. The van der Waals surface area contributed by atoms with Gasteiger partial charge in [-0.25, -0.2) is 0 Å². The van der Waals surface area contributed by atoms with Crippen LogP contribution in [0.3, 0.4) is 0 Å². The molecule has 3 fully saturated rings. The minimum atomic E-state index is -0.0317. The summed E-state index contributed by atoms with van der Waals surface area (Å²) in [6.45, 7) is 2.58. The van der Waals surface area contributed by atoms with E-state index in [1.54, 1.807) is 0 Å². The number of ether oxygens (including phenoxy) is 1. The van der Waals surface area contributed by atoms with E-state index in [1.165, 1.54) is 4.90 Å². The minimum Gasteiger partial charge on any atom is -0.378 e. The number of fused-ring (bicyclic) bond motifs is 1. The highest BCUT2D eigenvalue weighted by Gasteiger charge is 2.48. The van der Waals surface area contributed by atoms with Crippen LogP contribution in [-0.4, -0.2) is 49.1 Å². The molecule has 2 saturated heterocycles. The van der Waals surface area contributed by atoms with Gasteiger partial charge in [0.15, 0.2) is 0 Å². The van der Waals surface area contributed by atoms with Crippen LogP contribution in [0.1, 0.15) is 25.7 Å². The second-order valence-corrected chi connectivity index (χ2v) is 5.51. The Morgan fingerprint density at radius 2 is 1.83 bits per heavy atom. The Kier molecular flexibility index (Phi) is 3.35. The number of hydrogen-bond donors (Lipinski definition) is 1. The number of likely N-dealkylation sites (tertiary alicyclic amines) is 1. The number of carbonyl (C=O) groups excluding carboxylic acids is 2. The average molecular weight is 252 g/mol. The summed E-state index contributed by atoms with van der Waals surface area (Å²) in [4.78, 5) is 26.0. The summed E-state index contributed by atoms with van der Waals surface area (Å²) < 4.78 is 5.37. The standard InChI is InChI=1S/C13H20N2O3/c16-12-10-3-1-2-4-11(10)13(17)15(12)7-9-8-18-6-5-14-9/h9-11,14H,1-8H2. The Hall–Kier alpha value is -0.940. The first-order valence-corrected chi connectivity index (χ1v) is 6.93. The second-order valence-electron chi connectivity index (χ2n) is 5.51. The van der Waals surface area contributed by atoms with E-state index in [0.29, 0.717) is 19.8 Å². The number of nitrogens with one attached hydrogen (secondary N) is 1. The zero-order valence-electron chi connectivity index (χ0n) is 10.6. The molecule has 3 rings (SSSR count). The molecule has 5 nitrogen and oxygen atoms in total. The summed E-state index contributed by atoms with van der Waals surface area (Å²) in [5.41, 5.74) is 0. The molecule has 18 heavy (non-hydrogen) atoms. The van der Waals surface area contributed by atoms with Crippen LogP contribution >= 0.6 is 0 Å². The molecule has 0 spiro atoms. The maximum Gasteiger partial charge on any atom is 0.233 e. The number of carbonyl (C=O) groups is 2. The molecule has 0 aromatic carbocycles. The van der Waals surface area contributed by atoms with Crippen molar-refractivity contribution in [3.05, 3.63) is 0 Å². The molecule has 3 atom stereocenters. The molecule has 100 valence electrons. The SMILES string of the molecule is O=C1C2CCCCC2C(=O)N1CC1COCCN1. The van der Waals surface area contributed by atoms with Gasteiger partial charge in [-0.3, -0.25) is 14.5 Å². The van der Waals surface area contributed by atoms with Crippen molar-refractivity contribution in [2.75, 3.05) is 26.3 Å². The summed E-state index contributed by atoms with van der Waals surface area (Å²) in [6, 6.07) is 0.104. The molecular weight excluding hydrogens is 232 g/mol. The third kappa shape index (κ3) is 2.06.